The van der Waals surface area contributed by atoms with E-state index in [4.69, 9.17) is 5.11 Å². The normalized spacial score (nSPS) is 14.2. The first-order valence-electron chi connectivity index (χ1n) is 6.17. The van der Waals surface area contributed by atoms with Gasteiger partial charge < -0.3 is 15.5 Å². The van der Waals surface area contributed by atoms with Crippen molar-refractivity contribution in [2.24, 2.45) is 0 Å². The second kappa shape index (κ2) is 6.52. The number of carboxylic acids is 1. The molecule has 0 spiro atoms. The molecule has 4 nitrogen and oxygen atoms in total. The molecule has 4 heteroatoms. The lowest BCUT2D eigenvalue weighted by Crippen LogP contribution is -2.38. The molecule has 0 aliphatic rings. The summed E-state index contributed by atoms with van der Waals surface area (Å²) in [6, 6.07) is 5.16. The largest absolute Gasteiger partial charge is 0.480 e. The summed E-state index contributed by atoms with van der Waals surface area (Å²) in [5, 5.41) is 21.8. The van der Waals surface area contributed by atoms with Crippen LogP contribution in [0.1, 0.15) is 36.1 Å². The van der Waals surface area contributed by atoms with Gasteiger partial charge in [-0.3, -0.25) is 4.79 Å². The standard InChI is InChI=1S/C14H21NO3/c1-4-12(14(17)18)15-8-13(16)11-6-5-9(2)10(3)7-11/h5-7,12-13,15-16H,4,8H2,1-3H3,(H,17,18). The molecule has 0 aliphatic carbocycles. The fourth-order valence-corrected chi connectivity index (χ4v) is 1.75. The second-order valence-electron chi connectivity index (χ2n) is 4.57. The van der Waals surface area contributed by atoms with Gasteiger partial charge in [0.05, 0.1) is 6.10 Å². The maximum atomic E-state index is 10.8. The Bertz CT molecular complexity index is 418. The Morgan fingerprint density at radius 2 is 2.00 bits per heavy atom. The number of aliphatic hydroxyl groups is 1. The Balaban J connectivity index is 2.62. The molecule has 2 unspecified atom stereocenters. The lowest BCUT2D eigenvalue weighted by atomic mass is 10.0. The van der Waals surface area contributed by atoms with E-state index in [0.29, 0.717) is 6.42 Å². The van der Waals surface area contributed by atoms with Crippen LogP contribution in [0, 0.1) is 13.8 Å². The van der Waals surface area contributed by atoms with Crippen molar-refractivity contribution in [3.63, 3.8) is 0 Å². The van der Waals surface area contributed by atoms with Gasteiger partial charge in [-0.1, -0.05) is 25.1 Å². The van der Waals surface area contributed by atoms with Gasteiger partial charge in [-0.2, -0.15) is 0 Å². The number of hydrogen-bond donors (Lipinski definition) is 3. The molecule has 0 heterocycles. The second-order valence-corrected chi connectivity index (χ2v) is 4.57. The maximum Gasteiger partial charge on any atom is 0.320 e. The van der Waals surface area contributed by atoms with Crippen molar-refractivity contribution < 1.29 is 15.0 Å². The van der Waals surface area contributed by atoms with Gasteiger partial charge in [-0.05, 0) is 37.0 Å². The van der Waals surface area contributed by atoms with Gasteiger partial charge >= 0.3 is 5.97 Å². The Kier molecular flexibility index (Phi) is 5.31. The molecule has 0 fully saturated rings. The van der Waals surface area contributed by atoms with Crippen molar-refractivity contribution in [3.05, 3.63) is 34.9 Å². The van der Waals surface area contributed by atoms with E-state index < -0.39 is 18.1 Å². The quantitative estimate of drug-likeness (QED) is 0.721. The highest BCUT2D eigenvalue weighted by atomic mass is 16.4. The monoisotopic (exact) mass is 251 g/mol. The van der Waals surface area contributed by atoms with E-state index in [0.717, 1.165) is 11.1 Å². The smallest absolute Gasteiger partial charge is 0.320 e. The number of carboxylic acid groups (broad SMARTS) is 1. The zero-order valence-corrected chi connectivity index (χ0v) is 11.1. The summed E-state index contributed by atoms with van der Waals surface area (Å²) in [5.41, 5.74) is 3.11. The number of benzene rings is 1. The summed E-state index contributed by atoms with van der Waals surface area (Å²) in [4.78, 5) is 10.8. The highest BCUT2D eigenvalue weighted by Crippen LogP contribution is 2.16. The Hall–Kier alpha value is -1.39. The van der Waals surface area contributed by atoms with Crippen molar-refractivity contribution in [2.75, 3.05) is 6.54 Å². The molecule has 100 valence electrons. The topological polar surface area (TPSA) is 69.6 Å². The number of hydrogen-bond acceptors (Lipinski definition) is 3. The number of aliphatic carboxylic acids is 1. The molecule has 0 aromatic heterocycles. The SMILES string of the molecule is CCC(NCC(O)c1ccc(C)c(C)c1)C(=O)O. The predicted molar refractivity (Wildman–Crippen MR) is 70.6 cm³/mol. The van der Waals surface area contributed by atoms with Crippen LogP contribution in [-0.4, -0.2) is 28.8 Å². The van der Waals surface area contributed by atoms with E-state index in [9.17, 15) is 9.90 Å². The van der Waals surface area contributed by atoms with Gasteiger partial charge in [0.25, 0.3) is 0 Å². The van der Waals surface area contributed by atoms with E-state index in [1.165, 1.54) is 5.56 Å². The van der Waals surface area contributed by atoms with Crippen molar-refractivity contribution in [2.45, 2.75) is 39.3 Å². The number of aryl methyl sites for hydroxylation is 2. The molecule has 0 radical (unpaired) electrons. The zero-order chi connectivity index (χ0) is 13.7. The molecular weight excluding hydrogens is 230 g/mol. The number of nitrogens with one attached hydrogen (secondary N) is 1. The summed E-state index contributed by atoms with van der Waals surface area (Å²) in [6.45, 7) is 6.05. The summed E-state index contributed by atoms with van der Waals surface area (Å²) in [5.74, 6) is -0.884. The van der Waals surface area contributed by atoms with Gasteiger partial charge in [0.1, 0.15) is 6.04 Å². The van der Waals surface area contributed by atoms with Gasteiger partial charge in [0.2, 0.25) is 0 Å². The molecule has 1 rings (SSSR count). The Morgan fingerprint density at radius 1 is 1.33 bits per heavy atom. The van der Waals surface area contributed by atoms with Gasteiger partial charge in [-0.25, -0.2) is 0 Å². The third kappa shape index (κ3) is 3.82. The van der Waals surface area contributed by atoms with Gasteiger partial charge in [0.15, 0.2) is 0 Å². The van der Waals surface area contributed by atoms with Crippen LogP contribution in [-0.2, 0) is 4.79 Å². The van der Waals surface area contributed by atoms with Crippen LogP contribution < -0.4 is 5.32 Å². The highest BCUT2D eigenvalue weighted by Gasteiger charge is 2.16. The average Bonchev–Trinajstić information content (AvgIpc) is 2.32. The maximum absolute atomic E-state index is 10.8. The molecule has 0 bridgehead atoms. The number of rotatable bonds is 6. The first-order valence-corrected chi connectivity index (χ1v) is 6.17. The van der Waals surface area contributed by atoms with E-state index >= 15 is 0 Å². The highest BCUT2D eigenvalue weighted by molar-refractivity contribution is 5.73. The van der Waals surface area contributed by atoms with Gasteiger partial charge in [0, 0.05) is 6.54 Å². The molecule has 0 aliphatic heterocycles. The van der Waals surface area contributed by atoms with Gasteiger partial charge in [-0.15, -0.1) is 0 Å². The fraction of sp³-hybridized carbons (Fsp3) is 0.500. The van der Waals surface area contributed by atoms with E-state index in [1.54, 1.807) is 6.92 Å². The summed E-state index contributed by atoms with van der Waals surface area (Å²) in [7, 11) is 0. The average molecular weight is 251 g/mol. The van der Waals surface area contributed by atoms with Crippen molar-refractivity contribution >= 4 is 5.97 Å². The lowest BCUT2D eigenvalue weighted by Gasteiger charge is -2.17. The van der Waals surface area contributed by atoms with Crippen molar-refractivity contribution in [3.8, 4) is 0 Å². The molecule has 0 saturated heterocycles. The predicted octanol–water partition coefficient (Wildman–Crippen LogP) is 1.79. The fourth-order valence-electron chi connectivity index (χ4n) is 1.75. The first-order chi connectivity index (χ1) is 8.45. The molecular formula is C14H21NO3. The summed E-state index contributed by atoms with van der Waals surface area (Å²) in [6.07, 6.45) is -0.188. The molecule has 2 atom stereocenters. The molecule has 1 aromatic carbocycles. The third-order valence-corrected chi connectivity index (χ3v) is 3.18. The molecule has 18 heavy (non-hydrogen) atoms. The van der Waals surface area contributed by atoms with Crippen molar-refractivity contribution in [1.29, 1.82) is 0 Å². The van der Waals surface area contributed by atoms with E-state index in [2.05, 4.69) is 5.32 Å². The van der Waals surface area contributed by atoms with Crippen LogP contribution in [0.2, 0.25) is 0 Å². The minimum absolute atomic E-state index is 0.243. The zero-order valence-electron chi connectivity index (χ0n) is 11.1. The van der Waals surface area contributed by atoms with Crippen LogP contribution in [0.25, 0.3) is 0 Å². The summed E-state index contributed by atoms with van der Waals surface area (Å²) < 4.78 is 0. The van der Waals surface area contributed by atoms with Crippen LogP contribution in [0.4, 0.5) is 0 Å². The van der Waals surface area contributed by atoms with E-state index in [-0.39, 0.29) is 6.54 Å². The molecule has 0 saturated carbocycles. The first kappa shape index (κ1) is 14.7. The third-order valence-electron chi connectivity index (χ3n) is 3.18. The molecule has 0 amide bonds. The van der Waals surface area contributed by atoms with E-state index in [1.807, 2.05) is 32.0 Å². The lowest BCUT2D eigenvalue weighted by molar-refractivity contribution is -0.139. The van der Waals surface area contributed by atoms with Crippen LogP contribution in [0.3, 0.4) is 0 Å². The molecule has 1 aromatic rings. The minimum atomic E-state index is -0.884. The minimum Gasteiger partial charge on any atom is -0.480 e. The Morgan fingerprint density at radius 3 is 2.50 bits per heavy atom. The Labute approximate surface area is 108 Å². The van der Waals surface area contributed by atoms with Crippen molar-refractivity contribution in [1.82, 2.24) is 5.32 Å². The number of aliphatic hydroxyl groups excluding tert-OH is 1. The number of carbonyl (C=O) groups is 1. The molecule has 3 N–H and O–H groups in total. The summed E-state index contributed by atoms with van der Waals surface area (Å²) >= 11 is 0. The van der Waals surface area contributed by atoms with Crippen LogP contribution >= 0.6 is 0 Å². The van der Waals surface area contributed by atoms with Crippen LogP contribution in [0.5, 0.6) is 0 Å². The van der Waals surface area contributed by atoms with Crippen LogP contribution in [0.15, 0.2) is 18.2 Å².